The van der Waals surface area contributed by atoms with Gasteiger partial charge in [-0.25, -0.2) is 0 Å². The molecule has 1 rings (SSSR count). The van der Waals surface area contributed by atoms with Crippen molar-refractivity contribution in [2.75, 3.05) is 7.11 Å². The second kappa shape index (κ2) is 3.81. The van der Waals surface area contributed by atoms with E-state index in [4.69, 9.17) is 4.74 Å². The van der Waals surface area contributed by atoms with Crippen LogP contribution in [0.2, 0.25) is 38.3 Å². The second-order valence-electron chi connectivity index (χ2n) is 5.82. The number of methoxy groups -OCH3 is 1. The number of esters is 1. The van der Waals surface area contributed by atoms with Gasteiger partial charge in [0.05, 0.1) is 7.11 Å². The summed E-state index contributed by atoms with van der Waals surface area (Å²) in [4.78, 5) is 11.2. The molecule has 2 nitrogen and oxygen atoms in total. The first-order valence-corrected chi connectivity index (χ1v) is 12.8. The van der Waals surface area contributed by atoms with E-state index in [2.05, 4.69) is 26.2 Å². The molecule has 1 heterocycles. The summed E-state index contributed by atoms with van der Waals surface area (Å²) in [7, 11) is -0.470. The van der Waals surface area contributed by atoms with Crippen LogP contribution in [0.1, 0.15) is 6.42 Å². The van der Waals surface area contributed by atoms with Crippen molar-refractivity contribution in [3.05, 3.63) is 0 Å². The highest BCUT2D eigenvalue weighted by Gasteiger charge is 2.49. The molecule has 1 fully saturated rings. The van der Waals surface area contributed by atoms with Gasteiger partial charge in [0, 0.05) is 21.6 Å². The van der Waals surface area contributed by atoms with Gasteiger partial charge in [-0.2, -0.15) is 0 Å². The smallest absolute Gasteiger partial charge is 0.305 e. The topological polar surface area (TPSA) is 26.3 Å². The van der Waals surface area contributed by atoms with Crippen LogP contribution in [0.5, 0.6) is 0 Å². The van der Waals surface area contributed by atoms with Gasteiger partial charge >= 0.3 is 5.97 Å². The number of hydrogen-bond donors (Lipinski definition) is 0. The standard InChI is InChI=1S/C10H22O2Si2/c1-12-10(11)6-9-7-13(2,3)14(4,5)8-9/h9H,6-8H2,1-5H3. The summed E-state index contributed by atoms with van der Waals surface area (Å²) >= 11 is 0. The molecular formula is C10H22O2Si2. The Morgan fingerprint density at radius 2 is 1.64 bits per heavy atom. The highest BCUT2D eigenvalue weighted by Crippen LogP contribution is 2.42. The van der Waals surface area contributed by atoms with Gasteiger partial charge in [0.25, 0.3) is 0 Å². The Hall–Kier alpha value is -0.0962. The van der Waals surface area contributed by atoms with Crippen LogP contribution in [0, 0.1) is 5.92 Å². The lowest BCUT2D eigenvalue weighted by Crippen LogP contribution is -2.49. The van der Waals surface area contributed by atoms with Crippen molar-refractivity contribution in [3.8, 4) is 0 Å². The molecule has 0 aromatic carbocycles. The van der Waals surface area contributed by atoms with Gasteiger partial charge in [0.2, 0.25) is 0 Å². The Balaban J connectivity index is 2.60. The quantitative estimate of drug-likeness (QED) is 0.538. The van der Waals surface area contributed by atoms with Crippen LogP contribution in [0.3, 0.4) is 0 Å². The zero-order valence-corrected chi connectivity index (χ0v) is 12.0. The Morgan fingerprint density at radius 3 is 2.00 bits per heavy atom. The molecule has 0 radical (unpaired) electrons. The van der Waals surface area contributed by atoms with E-state index in [0.29, 0.717) is 12.3 Å². The Bertz CT molecular complexity index is 220. The van der Waals surface area contributed by atoms with Crippen LogP contribution in [0.4, 0.5) is 0 Å². The minimum Gasteiger partial charge on any atom is -0.469 e. The first-order valence-electron chi connectivity index (χ1n) is 5.35. The zero-order valence-electron chi connectivity index (χ0n) is 10.0. The molecule has 0 unspecified atom stereocenters. The first-order chi connectivity index (χ1) is 6.28. The molecule has 0 aromatic rings. The van der Waals surface area contributed by atoms with Crippen LogP contribution >= 0.6 is 0 Å². The highest BCUT2D eigenvalue weighted by molar-refractivity contribution is 7.41. The minimum atomic E-state index is -0.979. The first kappa shape index (κ1) is 12.0. The molecule has 0 spiro atoms. The van der Waals surface area contributed by atoms with E-state index in [9.17, 15) is 4.79 Å². The van der Waals surface area contributed by atoms with E-state index in [-0.39, 0.29) is 5.97 Å². The molecule has 0 amide bonds. The van der Waals surface area contributed by atoms with E-state index in [1.165, 1.54) is 19.2 Å². The Kier molecular flexibility index (Phi) is 3.26. The fourth-order valence-electron chi connectivity index (χ4n) is 2.53. The third-order valence-corrected chi connectivity index (χ3v) is 23.2. The molecule has 82 valence electrons. The van der Waals surface area contributed by atoms with Crippen molar-refractivity contribution in [2.45, 2.75) is 44.7 Å². The van der Waals surface area contributed by atoms with Crippen LogP contribution in [0.25, 0.3) is 0 Å². The van der Waals surface area contributed by atoms with Crippen molar-refractivity contribution in [1.29, 1.82) is 0 Å². The molecule has 0 saturated carbocycles. The molecule has 1 aliphatic rings. The van der Waals surface area contributed by atoms with Gasteiger partial charge < -0.3 is 4.74 Å². The molecular weight excluding hydrogens is 208 g/mol. The Labute approximate surface area is 88.8 Å². The molecule has 0 atom stereocenters. The summed E-state index contributed by atoms with van der Waals surface area (Å²) in [6.45, 7) is 9.99. The summed E-state index contributed by atoms with van der Waals surface area (Å²) in [5.74, 6) is 0.609. The lowest BCUT2D eigenvalue weighted by atomic mass is 10.1. The van der Waals surface area contributed by atoms with Crippen LogP contribution < -0.4 is 0 Å². The van der Waals surface area contributed by atoms with Crippen molar-refractivity contribution >= 4 is 21.2 Å². The van der Waals surface area contributed by atoms with E-state index in [0.717, 1.165) is 0 Å². The van der Waals surface area contributed by atoms with Gasteiger partial charge in [-0.3, -0.25) is 4.79 Å². The molecule has 0 aromatic heterocycles. The molecule has 0 bridgehead atoms. The predicted molar refractivity (Wildman–Crippen MR) is 64.7 cm³/mol. The number of carbonyl (C=O) groups excluding carboxylic acids is 1. The monoisotopic (exact) mass is 230 g/mol. The van der Waals surface area contributed by atoms with Crippen LogP contribution in [0.15, 0.2) is 0 Å². The van der Waals surface area contributed by atoms with Gasteiger partial charge in [-0.1, -0.05) is 38.3 Å². The number of carbonyl (C=O) groups is 1. The van der Waals surface area contributed by atoms with Crippen LogP contribution in [-0.4, -0.2) is 28.3 Å². The van der Waals surface area contributed by atoms with Crippen molar-refractivity contribution in [2.24, 2.45) is 5.92 Å². The lowest BCUT2D eigenvalue weighted by molar-refractivity contribution is -0.141. The fourth-order valence-corrected chi connectivity index (χ4v) is 12.4. The van der Waals surface area contributed by atoms with Gasteiger partial charge in [-0.15, -0.1) is 0 Å². The maximum absolute atomic E-state index is 11.2. The van der Waals surface area contributed by atoms with E-state index in [1.54, 1.807) is 0 Å². The normalized spacial score (nSPS) is 24.9. The molecule has 0 aliphatic carbocycles. The summed E-state index contributed by atoms with van der Waals surface area (Å²) < 4.78 is 4.74. The molecule has 14 heavy (non-hydrogen) atoms. The average Bonchev–Trinajstić information content (AvgIpc) is 2.20. The number of hydrogen-bond acceptors (Lipinski definition) is 2. The SMILES string of the molecule is COC(=O)CC1C[Si](C)(C)[Si](C)(C)C1. The summed E-state index contributed by atoms with van der Waals surface area (Å²) in [5.41, 5.74) is 0. The molecule has 4 heteroatoms. The summed E-state index contributed by atoms with van der Waals surface area (Å²) in [6, 6.07) is 2.67. The highest BCUT2D eigenvalue weighted by atomic mass is 29.3. The Morgan fingerprint density at radius 1 is 1.21 bits per heavy atom. The summed E-state index contributed by atoms with van der Waals surface area (Å²) in [6.07, 6.45) is 0.656. The van der Waals surface area contributed by atoms with E-state index < -0.39 is 15.2 Å². The number of ether oxygens (including phenoxy) is 1. The van der Waals surface area contributed by atoms with E-state index in [1.807, 2.05) is 0 Å². The molecule has 0 N–H and O–H groups in total. The second-order valence-corrected chi connectivity index (χ2v) is 22.3. The van der Waals surface area contributed by atoms with Crippen molar-refractivity contribution in [1.82, 2.24) is 0 Å². The number of rotatable bonds is 2. The predicted octanol–water partition coefficient (Wildman–Crippen LogP) is 2.67. The average molecular weight is 230 g/mol. The third-order valence-electron chi connectivity index (χ3n) is 4.11. The molecule has 1 saturated heterocycles. The maximum Gasteiger partial charge on any atom is 0.305 e. The lowest BCUT2D eigenvalue weighted by Gasteiger charge is -2.30. The van der Waals surface area contributed by atoms with E-state index >= 15 is 0 Å². The maximum atomic E-state index is 11.2. The fraction of sp³-hybridized carbons (Fsp3) is 0.900. The zero-order chi connectivity index (χ0) is 11.0. The minimum absolute atomic E-state index is 0.0218. The third kappa shape index (κ3) is 2.28. The van der Waals surface area contributed by atoms with Crippen molar-refractivity contribution < 1.29 is 9.53 Å². The largest absolute Gasteiger partial charge is 0.469 e. The van der Waals surface area contributed by atoms with Gasteiger partial charge in [-0.05, 0) is 5.92 Å². The van der Waals surface area contributed by atoms with Crippen molar-refractivity contribution in [3.63, 3.8) is 0 Å². The molecule has 1 aliphatic heterocycles. The summed E-state index contributed by atoms with van der Waals surface area (Å²) in [5, 5.41) is 0. The van der Waals surface area contributed by atoms with Crippen LogP contribution in [-0.2, 0) is 9.53 Å². The van der Waals surface area contributed by atoms with Gasteiger partial charge in [0.1, 0.15) is 0 Å². The van der Waals surface area contributed by atoms with Gasteiger partial charge in [0.15, 0.2) is 0 Å².